The highest BCUT2D eigenvalue weighted by Crippen LogP contribution is 2.24. The van der Waals surface area contributed by atoms with E-state index in [0.29, 0.717) is 6.42 Å². The summed E-state index contributed by atoms with van der Waals surface area (Å²) in [5, 5.41) is 2.15. The van der Waals surface area contributed by atoms with Gasteiger partial charge in [0.2, 0.25) is 0 Å². The smallest absolute Gasteiger partial charge is 0.307 e. The number of carbonyl (C=O) groups excluding carboxylic acids is 1. The summed E-state index contributed by atoms with van der Waals surface area (Å²) in [6, 6.07) is 2.19. The molecule has 0 fully saturated rings. The third kappa shape index (κ3) is 3.82. The summed E-state index contributed by atoms with van der Waals surface area (Å²) in [5.74, 6) is -0.0985. The summed E-state index contributed by atoms with van der Waals surface area (Å²) in [6.07, 6.45) is 1.60. The summed E-state index contributed by atoms with van der Waals surface area (Å²) in [6.45, 7) is 8.54. The van der Waals surface area contributed by atoms with Crippen LogP contribution in [0.15, 0.2) is 11.4 Å². The van der Waals surface area contributed by atoms with Gasteiger partial charge in [0.15, 0.2) is 0 Å². The second kappa shape index (κ2) is 5.41. The summed E-state index contributed by atoms with van der Waals surface area (Å²) in [7, 11) is 0. The highest BCUT2D eigenvalue weighted by atomic mass is 32.1. The fourth-order valence-corrected chi connectivity index (χ4v) is 3.03. The second-order valence-electron chi connectivity index (χ2n) is 5.73. The number of ether oxygens (including phenoxy) is 1. The molecule has 2 rings (SSSR count). The van der Waals surface area contributed by atoms with Crippen LogP contribution >= 0.6 is 11.3 Å². The Kier molecular flexibility index (Phi) is 4.07. The van der Waals surface area contributed by atoms with Gasteiger partial charge in [-0.15, -0.1) is 11.3 Å². The van der Waals surface area contributed by atoms with E-state index in [0.717, 1.165) is 26.1 Å². The summed E-state index contributed by atoms with van der Waals surface area (Å²) in [4.78, 5) is 15.5. The van der Waals surface area contributed by atoms with Crippen LogP contribution in [0.2, 0.25) is 0 Å². The Morgan fingerprint density at radius 2 is 2.28 bits per heavy atom. The van der Waals surface area contributed by atoms with Crippen molar-refractivity contribution in [2.45, 2.75) is 45.8 Å². The number of thiophene rings is 1. The van der Waals surface area contributed by atoms with Gasteiger partial charge in [0.05, 0.1) is 6.42 Å². The zero-order valence-electron chi connectivity index (χ0n) is 11.4. The number of fused-ring (bicyclic) bond motifs is 1. The van der Waals surface area contributed by atoms with E-state index in [-0.39, 0.29) is 11.6 Å². The van der Waals surface area contributed by atoms with Crippen LogP contribution in [0.4, 0.5) is 0 Å². The second-order valence-corrected chi connectivity index (χ2v) is 6.73. The molecule has 1 aliphatic rings. The molecule has 0 aromatic carbocycles. The van der Waals surface area contributed by atoms with Crippen molar-refractivity contribution < 1.29 is 9.53 Å². The molecule has 3 nitrogen and oxygen atoms in total. The van der Waals surface area contributed by atoms with Crippen LogP contribution in [-0.2, 0) is 22.5 Å². The minimum absolute atomic E-state index is 0.0985. The van der Waals surface area contributed by atoms with Crippen molar-refractivity contribution in [2.24, 2.45) is 0 Å². The number of hydrogen-bond acceptors (Lipinski definition) is 4. The Bertz CT molecular complexity index is 420. The molecule has 0 atom stereocenters. The molecule has 4 heteroatoms. The number of hydrogen-bond donors (Lipinski definition) is 0. The summed E-state index contributed by atoms with van der Waals surface area (Å²) >= 11 is 1.84. The van der Waals surface area contributed by atoms with Crippen LogP contribution in [0, 0.1) is 0 Å². The predicted octanol–water partition coefficient (Wildman–Crippen LogP) is 2.84. The van der Waals surface area contributed by atoms with E-state index in [1.807, 2.05) is 32.1 Å². The van der Waals surface area contributed by atoms with E-state index in [1.165, 1.54) is 10.4 Å². The van der Waals surface area contributed by atoms with Crippen LogP contribution in [0.25, 0.3) is 0 Å². The number of carbonyl (C=O) groups is 1. The lowest BCUT2D eigenvalue weighted by atomic mass is 10.1. The Morgan fingerprint density at radius 1 is 1.50 bits per heavy atom. The lowest BCUT2D eigenvalue weighted by Crippen LogP contribution is -2.33. The molecule has 0 bridgehead atoms. The van der Waals surface area contributed by atoms with E-state index in [4.69, 9.17) is 4.74 Å². The lowest BCUT2D eigenvalue weighted by molar-refractivity contribution is -0.155. The molecule has 0 amide bonds. The quantitative estimate of drug-likeness (QED) is 0.789. The maximum atomic E-state index is 11.7. The molecule has 0 unspecified atom stereocenters. The van der Waals surface area contributed by atoms with E-state index in [9.17, 15) is 4.79 Å². The molecule has 0 radical (unpaired) electrons. The summed E-state index contributed by atoms with van der Waals surface area (Å²) in [5.41, 5.74) is 1.05. The van der Waals surface area contributed by atoms with Gasteiger partial charge in [-0.1, -0.05) is 0 Å². The third-order valence-corrected chi connectivity index (χ3v) is 3.96. The predicted molar refractivity (Wildman–Crippen MR) is 73.8 cm³/mol. The minimum atomic E-state index is -0.375. The molecule has 0 saturated heterocycles. The topological polar surface area (TPSA) is 29.5 Å². The Balaban J connectivity index is 1.77. The van der Waals surface area contributed by atoms with Gasteiger partial charge in [0.25, 0.3) is 0 Å². The minimum Gasteiger partial charge on any atom is -0.460 e. The van der Waals surface area contributed by atoms with Crippen LogP contribution in [0.3, 0.4) is 0 Å². The van der Waals surface area contributed by atoms with Gasteiger partial charge in [-0.3, -0.25) is 9.69 Å². The monoisotopic (exact) mass is 267 g/mol. The van der Waals surface area contributed by atoms with Crippen molar-refractivity contribution in [3.05, 3.63) is 21.9 Å². The number of esters is 1. The van der Waals surface area contributed by atoms with Crippen molar-refractivity contribution in [1.82, 2.24) is 4.90 Å². The van der Waals surface area contributed by atoms with Crippen LogP contribution in [0.1, 0.15) is 37.6 Å². The standard InChI is InChI=1S/C14H21NO2S/c1-14(2,3)17-13(16)5-8-15-7-4-12-11(10-15)6-9-18-12/h6,9H,4-5,7-8,10H2,1-3H3. The van der Waals surface area contributed by atoms with Gasteiger partial charge in [-0.05, 0) is 44.2 Å². The van der Waals surface area contributed by atoms with Gasteiger partial charge >= 0.3 is 5.97 Å². The van der Waals surface area contributed by atoms with Gasteiger partial charge in [0.1, 0.15) is 5.60 Å². The van der Waals surface area contributed by atoms with Crippen molar-refractivity contribution in [1.29, 1.82) is 0 Å². The number of rotatable bonds is 3. The van der Waals surface area contributed by atoms with Crippen molar-refractivity contribution >= 4 is 17.3 Å². The third-order valence-electron chi connectivity index (χ3n) is 2.94. The largest absolute Gasteiger partial charge is 0.460 e. The molecule has 0 saturated carbocycles. The molecule has 0 aliphatic carbocycles. The zero-order valence-corrected chi connectivity index (χ0v) is 12.2. The molecular formula is C14H21NO2S. The van der Waals surface area contributed by atoms with Crippen LogP contribution < -0.4 is 0 Å². The van der Waals surface area contributed by atoms with Crippen LogP contribution in [-0.4, -0.2) is 29.6 Å². The molecule has 2 heterocycles. The van der Waals surface area contributed by atoms with Crippen LogP contribution in [0.5, 0.6) is 0 Å². The van der Waals surface area contributed by atoms with E-state index in [2.05, 4.69) is 16.3 Å². The molecular weight excluding hydrogens is 246 g/mol. The first-order valence-corrected chi connectivity index (χ1v) is 7.31. The van der Waals surface area contributed by atoms with E-state index < -0.39 is 0 Å². The molecule has 1 aliphatic heterocycles. The number of nitrogens with zero attached hydrogens (tertiary/aromatic N) is 1. The first-order chi connectivity index (χ1) is 8.44. The first-order valence-electron chi connectivity index (χ1n) is 6.43. The molecule has 100 valence electrons. The SMILES string of the molecule is CC(C)(C)OC(=O)CCN1CCc2sccc2C1. The van der Waals surface area contributed by atoms with Crippen molar-refractivity contribution in [3.8, 4) is 0 Å². The average molecular weight is 267 g/mol. The van der Waals surface area contributed by atoms with Gasteiger partial charge in [0, 0.05) is 24.5 Å². The first kappa shape index (κ1) is 13.6. The van der Waals surface area contributed by atoms with E-state index >= 15 is 0 Å². The average Bonchev–Trinajstić information content (AvgIpc) is 2.71. The Labute approximate surface area is 113 Å². The van der Waals surface area contributed by atoms with Crippen molar-refractivity contribution in [2.75, 3.05) is 13.1 Å². The van der Waals surface area contributed by atoms with Gasteiger partial charge in [-0.2, -0.15) is 0 Å². The Morgan fingerprint density at radius 3 is 3.00 bits per heavy atom. The highest BCUT2D eigenvalue weighted by molar-refractivity contribution is 7.10. The van der Waals surface area contributed by atoms with E-state index in [1.54, 1.807) is 0 Å². The molecule has 1 aromatic rings. The maximum absolute atomic E-state index is 11.7. The molecule has 1 aromatic heterocycles. The molecule has 18 heavy (non-hydrogen) atoms. The normalized spacial score (nSPS) is 16.4. The highest BCUT2D eigenvalue weighted by Gasteiger charge is 2.20. The maximum Gasteiger partial charge on any atom is 0.307 e. The van der Waals surface area contributed by atoms with Gasteiger partial charge < -0.3 is 4.74 Å². The van der Waals surface area contributed by atoms with Gasteiger partial charge in [-0.25, -0.2) is 0 Å². The van der Waals surface area contributed by atoms with Crippen molar-refractivity contribution in [3.63, 3.8) is 0 Å². The Hall–Kier alpha value is -0.870. The summed E-state index contributed by atoms with van der Waals surface area (Å²) < 4.78 is 5.32. The zero-order chi connectivity index (χ0) is 13.2. The molecule has 0 spiro atoms. The fraction of sp³-hybridized carbons (Fsp3) is 0.643. The molecule has 0 N–H and O–H groups in total. The fourth-order valence-electron chi connectivity index (χ4n) is 2.14. The lowest BCUT2D eigenvalue weighted by Gasteiger charge is -2.27.